The first-order valence-electron chi connectivity index (χ1n) is 5.51. The van der Waals surface area contributed by atoms with Gasteiger partial charge in [-0.15, -0.1) is 0 Å². The summed E-state index contributed by atoms with van der Waals surface area (Å²) in [7, 11) is 0. The van der Waals surface area contributed by atoms with E-state index in [4.69, 9.17) is 5.11 Å². The average Bonchev–Trinajstić information content (AvgIpc) is 2.87. The van der Waals surface area contributed by atoms with Crippen LogP contribution in [0.1, 0.15) is 10.4 Å². The molecule has 0 atom stereocenters. The van der Waals surface area contributed by atoms with Gasteiger partial charge < -0.3 is 10.1 Å². The van der Waals surface area contributed by atoms with Crippen molar-refractivity contribution in [1.29, 1.82) is 0 Å². The Morgan fingerprint density at radius 1 is 1.11 bits per heavy atom. The molecule has 0 spiro atoms. The monoisotopic (exact) mass is 238 g/mol. The molecule has 2 N–H and O–H groups in total. The molecule has 0 amide bonds. The zero-order chi connectivity index (χ0) is 12.5. The number of nitrogens with zero attached hydrogens (tertiary/aromatic N) is 1. The van der Waals surface area contributed by atoms with E-state index in [-0.39, 0.29) is 5.56 Å². The fourth-order valence-corrected chi connectivity index (χ4v) is 2.09. The summed E-state index contributed by atoms with van der Waals surface area (Å²) >= 11 is 0. The molecular formula is C14H10N2O2. The minimum Gasteiger partial charge on any atom is -0.478 e. The highest BCUT2D eigenvalue weighted by molar-refractivity contribution is 6.01. The predicted octanol–water partition coefficient (Wildman–Crippen LogP) is 2.93. The van der Waals surface area contributed by atoms with Crippen molar-refractivity contribution in [2.75, 3.05) is 0 Å². The van der Waals surface area contributed by atoms with Gasteiger partial charge in [-0.1, -0.05) is 24.3 Å². The minimum absolute atomic E-state index is 0.258. The van der Waals surface area contributed by atoms with Crippen LogP contribution in [-0.2, 0) is 0 Å². The molecule has 1 aromatic carbocycles. The summed E-state index contributed by atoms with van der Waals surface area (Å²) in [6.07, 6.45) is 4.88. The number of carboxylic acids is 1. The van der Waals surface area contributed by atoms with Gasteiger partial charge in [0.15, 0.2) is 0 Å². The Labute approximate surface area is 103 Å². The molecule has 0 bridgehead atoms. The number of aromatic carboxylic acids is 1. The Morgan fingerprint density at radius 3 is 2.78 bits per heavy atom. The molecule has 3 rings (SSSR count). The summed E-state index contributed by atoms with van der Waals surface area (Å²) in [6.45, 7) is 0. The molecule has 2 heterocycles. The molecule has 0 saturated carbocycles. The molecule has 0 aliphatic heterocycles. The Bertz CT molecular complexity index is 726. The van der Waals surface area contributed by atoms with Crippen molar-refractivity contribution in [3.05, 3.63) is 54.5 Å². The molecule has 88 valence electrons. The lowest BCUT2D eigenvalue weighted by molar-refractivity contribution is 0.0698. The van der Waals surface area contributed by atoms with E-state index in [1.165, 1.54) is 6.20 Å². The number of H-pyrrole nitrogens is 1. The maximum atomic E-state index is 11.2. The van der Waals surface area contributed by atoms with E-state index >= 15 is 0 Å². The normalized spacial score (nSPS) is 10.7. The molecule has 0 unspecified atom stereocenters. The van der Waals surface area contributed by atoms with E-state index in [1.54, 1.807) is 12.4 Å². The Morgan fingerprint density at radius 2 is 1.94 bits per heavy atom. The zero-order valence-corrected chi connectivity index (χ0v) is 9.42. The van der Waals surface area contributed by atoms with Crippen LogP contribution in [0, 0.1) is 0 Å². The van der Waals surface area contributed by atoms with Crippen LogP contribution in [-0.4, -0.2) is 21.0 Å². The SMILES string of the molecule is O=C(O)c1c[nH]cc1-c1cccc2cccnc12. The van der Waals surface area contributed by atoms with Gasteiger partial charge in [0.25, 0.3) is 0 Å². The fraction of sp³-hybridized carbons (Fsp3) is 0. The van der Waals surface area contributed by atoms with Crippen LogP contribution in [0.25, 0.3) is 22.0 Å². The number of para-hydroxylation sites is 1. The number of aromatic amines is 1. The summed E-state index contributed by atoms with van der Waals surface area (Å²) in [6, 6.07) is 9.56. The minimum atomic E-state index is -0.945. The highest BCUT2D eigenvalue weighted by atomic mass is 16.4. The molecule has 0 fully saturated rings. The highest BCUT2D eigenvalue weighted by Gasteiger charge is 2.14. The maximum absolute atomic E-state index is 11.2. The topological polar surface area (TPSA) is 66.0 Å². The number of pyridine rings is 1. The number of nitrogens with one attached hydrogen (secondary N) is 1. The molecule has 0 saturated heterocycles. The number of fused-ring (bicyclic) bond motifs is 1. The van der Waals surface area contributed by atoms with Gasteiger partial charge in [0.1, 0.15) is 0 Å². The fourth-order valence-electron chi connectivity index (χ4n) is 2.09. The first-order chi connectivity index (χ1) is 8.77. The van der Waals surface area contributed by atoms with Crippen LogP contribution < -0.4 is 0 Å². The van der Waals surface area contributed by atoms with Crippen molar-refractivity contribution in [2.24, 2.45) is 0 Å². The van der Waals surface area contributed by atoms with Gasteiger partial charge in [0.05, 0.1) is 11.1 Å². The Balaban J connectivity index is 2.32. The van der Waals surface area contributed by atoms with Crippen molar-refractivity contribution in [1.82, 2.24) is 9.97 Å². The molecule has 4 nitrogen and oxygen atoms in total. The number of carbonyl (C=O) groups is 1. The molecule has 2 aromatic heterocycles. The second-order valence-electron chi connectivity index (χ2n) is 3.97. The van der Waals surface area contributed by atoms with Gasteiger partial charge in [0.2, 0.25) is 0 Å². The first-order valence-corrected chi connectivity index (χ1v) is 5.51. The lowest BCUT2D eigenvalue weighted by Gasteiger charge is -2.04. The number of hydrogen-bond acceptors (Lipinski definition) is 2. The summed E-state index contributed by atoms with van der Waals surface area (Å²) in [5.74, 6) is -0.945. The smallest absolute Gasteiger partial charge is 0.337 e. The van der Waals surface area contributed by atoms with Crippen LogP contribution >= 0.6 is 0 Å². The van der Waals surface area contributed by atoms with Crippen molar-refractivity contribution in [2.45, 2.75) is 0 Å². The van der Waals surface area contributed by atoms with Gasteiger partial charge in [-0.05, 0) is 6.07 Å². The van der Waals surface area contributed by atoms with Crippen molar-refractivity contribution < 1.29 is 9.90 Å². The molecule has 0 aliphatic rings. The third-order valence-electron chi connectivity index (χ3n) is 2.90. The largest absolute Gasteiger partial charge is 0.478 e. The summed E-state index contributed by atoms with van der Waals surface area (Å²) < 4.78 is 0. The molecule has 18 heavy (non-hydrogen) atoms. The molecule has 0 radical (unpaired) electrons. The number of hydrogen-bond donors (Lipinski definition) is 2. The second kappa shape index (κ2) is 4.00. The van der Waals surface area contributed by atoms with E-state index in [1.807, 2.05) is 30.3 Å². The van der Waals surface area contributed by atoms with Crippen LogP contribution in [0.3, 0.4) is 0 Å². The van der Waals surface area contributed by atoms with Gasteiger partial charge >= 0.3 is 5.97 Å². The van der Waals surface area contributed by atoms with E-state index in [0.29, 0.717) is 5.56 Å². The van der Waals surface area contributed by atoms with Crippen LogP contribution in [0.2, 0.25) is 0 Å². The van der Waals surface area contributed by atoms with Gasteiger partial charge in [-0.3, -0.25) is 4.98 Å². The van der Waals surface area contributed by atoms with Gasteiger partial charge in [0, 0.05) is 35.1 Å². The lowest BCUT2D eigenvalue weighted by Crippen LogP contribution is -1.96. The van der Waals surface area contributed by atoms with E-state index in [9.17, 15) is 4.79 Å². The van der Waals surface area contributed by atoms with Crippen molar-refractivity contribution in [3.63, 3.8) is 0 Å². The second-order valence-corrected chi connectivity index (χ2v) is 3.97. The molecule has 4 heteroatoms. The third-order valence-corrected chi connectivity index (χ3v) is 2.90. The Hall–Kier alpha value is -2.62. The number of rotatable bonds is 2. The first kappa shape index (κ1) is 10.5. The zero-order valence-electron chi connectivity index (χ0n) is 9.42. The number of carboxylic acid groups (broad SMARTS) is 1. The van der Waals surface area contributed by atoms with Crippen LogP contribution in [0.4, 0.5) is 0 Å². The Kier molecular flexibility index (Phi) is 2.34. The molecule has 3 aromatic rings. The summed E-state index contributed by atoms with van der Waals surface area (Å²) in [5, 5.41) is 10.1. The van der Waals surface area contributed by atoms with Crippen molar-refractivity contribution in [3.8, 4) is 11.1 Å². The van der Waals surface area contributed by atoms with E-state index in [0.717, 1.165) is 16.5 Å². The van der Waals surface area contributed by atoms with Gasteiger partial charge in [-0.2, -0.15) is 0 Å². The average molecular weight is 238 g/mol. The van der Waals surface area contributed by atoms with Gasteiger partial charge in [-0.25, -0.2) is 4.79 Å². The number of aromatic nitrogens is 2. The molecular weight excluding hydrogens is 228 g/mol. The number of benzene rings is 1. The van der Waals surface area contributed by atoms with Crippen molar-refractivity contribution >= 4 is 16.9 Å². The maximum Gasteiger partial charge on any atom is 0.337 e. The standard InChI is InChI=1S/C14H10N2O2/c17-14(18)12-8-15-7-11(12)10-5-1-3-9-4-2-6-16-13(9)10/h1-8,15H,(H,17,18). The van der Waals surface area contributed by atoms with E-state index in [2.05, 4.69) is 9.97 Å². The van der Waals surface area contributed by atoms with Crippen LogP contribution in [0.5, 0.6) is 0 Å². The summed E-state index contributed by atoms with van der Waals surface area (Å²) in [4.78, 5) is 18.3. The van der Waals surface area contributed by atoms with Crippen LogP contribution in [0.15, 0.2) is 48.9 Å². The third kappa shape index (κ3) is 1.55. The highest BCUT2D eigenvalue weighted by Crippen LogP contribution is 2.29. The predicted molar refractivity (Wildman–Crippen MR) is 68.5 cm³/mol. The summed E-state index contributed by atoms with van der Waals surface area (Å²) in [5.41, 5.74) is 2.55. The van der Waals surface area contributed by atoms with E-state index < -0.39 is 5.97 Å². The molecule has 0 aliphatic carbocycles. The lowest BCUT2D eigenvalue weighted by atomic mass is 10.0. The quantitative estimate of drug-likeness (QED) is 0.721.